The summed E-state index contributed by atoms with van der Waals surface area (Å²) in [5, 5.41) is 2.88. The molecule has 0 radical (unpaired) electrons. The predicted octanol–water partition coefficient (Wildman–Crippen LogP) is 2.10. The van der Waals surface area contributed by atoms with E-state index in [1.54, 1.807) is 32.4 Å². The minimum atomic E-state index is -0.102. The van der Waals surface area contributed by atoms with E-state index < -0.39 is 0 Å². The van der Waals surface area contributed by atoms with Gasteiger partial charge in [-0.3, -0.25) is 14.5 Å². The van der Waals surface area contributed by atoms with Gasteiger partial charge in [0.1, 0.15) is 0 Å². The molecule has 0 bridgehead atoms. The van der Waals surface area contributed by atoms with E-state index in [1.165, 1.54) is 0 Å². The highest BCUT2D eigenvalue weighted by atomic mass is 16.5. The van der Waals surface area contributed by atoms with Crippen LogP contribution in [0, 0.1) is 0 Å². The van der Waals surface area contributed by atoms with Crippen LogP contribution in [0.4, 0.5) is 5.69 Å². The summed E-state index contributed by atoms with van der Waals surface area (Å²) in [4.78, 5) is 28.7. The monoisotopic (exact) mass is 383 g/mol. The third-order valence-electron chi connectivity index (χ3n) is 4.71. The Morgan fingerprint density at radius 1 is 0.929 bits per heavy atom. The molecule has 1 aliphatic heterocycles. The molecule has 1 fully saturated rings. The number of methoxy groups -OCH3 is 2. The molecule has 148 valence electrons. The Balaban J connectivity index is 1.49. The standard InChI is InChI=1S/C21H25N3O4/c1-27-18-9-8-17(14-19(18)28-2)22-20(25)15-23-10-12-24(13-11-23)21(26)16-6-4-3-5-7-16/h3-9,14H,10-13,15H2,1-2H3,(H,22,25). The highest BCUT2D eigenvalue weighted by Gasteiger charge is 2.23. The SMILES string of the molecule is COc1ccc(NC(=O)CN2CCN(C(=O)c3ccccc3)CC2)cc1OC. The Kier molecular flexibility index (Phi) is 6.49. The minimum Gasteiger partial charge on any atom is -0.493 e. The third kappa shape index (κ3) is 4.80. The molecule has 1 N–H and O–H groups in total. The zero-order valence-electron chi connectivity index (χ0n) is 16.2. The zero-order chi connectivity index (χ0) is 19.9. The summed E-state index contributed by atoms with van der Waals surface area (Å²) in [6.07, 6.45) is 0. The van der Waals surface area contributed by atoms with Gasteiger partial charge in [0.2, 0.25) is 5.91 Å². The van der Waals surface area contributed by atoms with E-state index in [0.717, 1.165) is 0 Å². The molecule has 2 aromatic rings. The van der Waals surface area contributed by atoms with E-state index in [4.69, 9.17) is 9.47 Å². The van der Waals surface area contributed by atoms with Crippen molar-refractivity contribution in [3.05, 3.63) is 54.1 Å². The Bertz CT molecular complexity index is 818. The molecule has 1 heterocycles. The summed E-state index contributed by atoms with van der Waals surface area (Å²) < 4.78 is 10.5. The van der Waals surface area contributed by atoms with Crippen LogP contribution in [0.25, 0.3) is 0 Å². The molecule has 0 spiro atoms. The van der Waals surface area contributed by atoms with Crippen molar-refractivity contribution in [2.24, 2.45) is 0 Å². The number of piperazine rings is 1. The topological polar surface area (TPSA) is 71.1 Å². The summed E-state index contributed by atoms with van der Waals surface area (Å²) >= 11 is 0. The van der Waals surface area contributed by atoms with Crippen molar-refractivity contribution in [3.8, 4) is 11.5 Å². The lowest BCUT2D eigenvalue weighted by atomic mass is 10.2. The Labute approximate surface area is 164 Å². The van der Waals surface area contributed by atoms with Gasteiger partial charge in [-0.2, -0.15) is 0 Å². The molecule has 0 saturated carbocycles. The molecular weight excluding hydrogens is 358 g/mol. The summed E-state index contributed by atoms with van der Waals surface area (Å²) in [6.45, 7) is 2.83. The van der Waals surface area contributed by atoms with E-state index in [0.29, 0.717) is 48.9 Å². The van der Waals surface area contributed by atoms with Gasteiger partial charge in [0.25, 0.3) is 5.91 Å². The average Bonchev–Trinajstić information content (AvgIpc) is 2.74. The molecule has 3 rings (SSSR count). The lowest BCUT2D eigenvalue weighted by Crippen LogP contribution is -2.50. The molecule has 0 unspecified atom stereocenters. The van der Waals surface area contributed by atoms with Crippen molar-refractivity contribution in [2.75, 3.05) is 52.3 Å². The molecule has 2 amide bonds. The number of hydrogen-bond acceptors (Lipinski definition) is 5. The maximum atomic E-state index is 12.5. The first-order valence-electron chi connectivity index (χ1n) is 9.19. The molecule has 28 heavy (non-hydrogen) atoms. The van der Waals surface area contributed by atoms with Crippen LogP contribution in [0.3, 0.4) is 0 Å². The molecule has 0 aromatic heterocycles. The van der Waals surface area contributed by atoms with Crippen LogP contribution >= 0.6 is 0 Å². The number of carbonyl (C=O) groups excluding carboxylic acids is 2. The van der Waals surface area contributed by atoms with E-state index in [9.17, 15) is 9.59 Å². The van der Waals surface area contributed by atoms with Crippen LogP contribution in [0.5, 0.6) is 11.5 Å². The largest absolute Gasteiger partial charge is 0.493 e. The van der Waals surface area contributed by atoms with Gasteiger partial charge in [-0.25, -0.2) is 0 Å². The van der Waals surface area contributed by atoms with Crippen molar-refractivity contribution < 1.29 is 19.1 Å². The van der Waals surface area contributed by atoms with E-state index in [-0.39, 0.29) is 18.4 Å². The number of carbonyl (C=O) groups is 2. The minimum absolute atomic E-state index is 0.0371. The number of nitrogens with zero attached hydrogens (tertiary/aromatic N) is 2. The predicted molar refractivity (Wildman–Crippen MR) is 107 cm³/mol. The first-order valence-corrected chi connectivity index (χ1v) is 9.19. The van der Waals surface area contributed by atoms with Gasteiger partial charge in [0.05, 0.1) is 20.8 Å². The van der Waals surface area contributed by atoms with Gasteiger partial charge in [-0.05, 0) is 24.3 Å². The summed E-state index contributed by atoms with van der Waals surface area (Å²) in [5.41, 5.74) is 1.35. The van der Waals surface area contributed by atoms with E-state index in [1.807, 2.05) is 40.1 Å². The molecule has 7 heteroatoms. The molecule has 1 aliphatic rings. The van der Waals surface area contributed by atoms with E-state index in [2.05, 4.69) is 5.32 Å². The van der Waals surface area contributed by atoms with Crippen LogP contribution < -0.4 is 14.8 Å². The number of ether oxygens (including phenoxy) is 2. The lowest BCUT2D eigenvalue weighted by molar-refractivity contribution is -0.117. The fourth-order valence-corrected chi connectivity index (χ4v) is 3.19. The normalized spacial score (nSPS) is 14.4. The fraction of sp³-hybridized carbons (Fsp3) is 0.333. The summed E-state index contributed by atoms with van der Waals surface area (Å²) in [5.74, 6) is 1.11. The highest BCUT2D eigenvalue weighted by Crippen LogP contribution is 2.29. The second-order valence-corrected chi connectivity index (χ2v) is 6.55. The number of nitrogens with one attached hydrogen (secondary N) is 1. The summed E-state index contributed by atoms with van der Waals surface area (Å²) in [6, 6.07) is 14.5. The third-order valence-corrected chi connectivity index (χ3v) is 4.71. The highest BCUT2D eigenvalue weighted by molar-refractivity contribution is 5.94. The molecular formula is C21H25N3O4. The van der Waals surface area contributed by atoms with Crippen molar-refractivity contribution >= 4 is 17.5 Å². The van der Waals surface area contributed by atoms with Gasteiger partial charge < -0.3 is 19.7 Å². The van der Waals surface area contributed by atoms with Crippen molar-refractivity contribution in [1.82, 2.24) is 9.80 Å². The van der Waals surface area contributed by atoms with E-state index >= 15 is 0 Å². The number of hydrogen-bond donors (Lipinski definition) is 1. The maximum absolute atomic E-state index is 12.5. The van der Waals surface area contributed by atoms with Crippen LogP contribution in [0.1, 0.15) is 10.4 Å². The number of anilines is 1. The van der Waals surface area contributed by atoms with Crippen LogP contribution in [-0.4, -0.2) is 68.6 Å². The Hall–Kier alpha value is -3.06. The van der Waals surface area contributed by atoms with Crippen molar-refractivity contribution in [2.45, 2.75) is 0 Å². The zero-order valence-corrected chi connectivity index (χ0v) is 16.2. The molecule has 7 nitrogen and oxygen atoms in total. The van der Waals surface area contributed by atoms with Crippen molar-refractivity contribution in [1.29, 1.82) is 0 Å². The lowest BCUT2D eigenvalue weighted by Gasteiger charge is -2.34. The Morgan fingerprint density at radius 2 is 1.61 bits per heavy atom. The quantitative estimate of drug-likeness (QED) is 0.827. The number of benzene rings is 2. The molecule has 0 atom stereocenters. The number of amides is 2. The fourth-order valence-electron chi connectivity index (χ4n) is 3.19. The number of rotatable bonds is 6. The first kappa shape index (κ1) is 19.7. The first-order chi connectivity index (χ1) is 13.6. The maximum Gasteiger partial charge on any atom is 0.253 e. The Morgan fingerprint density at radius 3 is 2.25 bits per heavy atom. The van der Waals surface area contributed by atoms with Gasteiger partial charge >= 0.3 is 0 Å². The average molecular weight is 383 g/mol. The second-order valence-electron chi connectivity index (χ2n) is 6.55. The van der Waals surface area contributed by atoms with Crippen LogP contribution in [0.15, 0.2) is 48.5 Å². The summed E-state index contributed by atoms with van der Waals surface area (Å²) in [7, 11) is 3.12. The van der Waals surface area contributed by atoms with Gasteiger partial charge in [0.15, 0.2) is 11.5 Å². The molecule has 0 aliphatic carbocycles. The molecule has 1 saturated heterocycles. The van der Waals surface area contributed by atoms with Gasteiger partial charge in [-0.15, -0.1) is 0 Å². The van der Waals surface area contributed by atoms with Gasteiger partial charge in [-0.1, -0.05) is 18.2 Å². The van der Waals surface area contributed by atoms with Crippen molar-refractivity contribution in [3.63, 3.8) is 0 Å². The van der Waals surface area contributed by atoms with Crippen LogP contribution in [-0.2, 0) is 4.79 Å². The molecule has 2 aromatic carbocycles. The van der Waals surface area contributed by atoms with Crippen LogP contribution in [0.2, 0.25) is 0 Å². The van der Waals surface area contributed by atoms with Gasteiger partial charge in [0, 0.05) is 43.5 Å². The smallest absolute Gasteiger partial charge is 0.253 e. The second kappa shape index (κ2) is 9.23.